The number of hydrogen-bond donors (Lipinski definition) is 2. The molecule has 2 N–H and O–H groups in total. The van der Waals surface area contributed by atoms with Crippen LogP contribution >= 0.6 is 0 Å². The van der Waals surface area contributed by atoms with E-state index in [0.29, 0.717) is 0 Å². The Balaban J connectivity index is 2.91. The van der Waals surface area contributed by atoms with E-state index in [2.05, 4.69) is 21.2 Å². The van der Waals surface area contributed by atoms with Gasteiger partial charge in [-0.1, -0.05) is 6.92 Å². The van der Waals surface area contributed by atoms with Crippen LogP contribution < -0.4 is 11.0 Å². The summed E-state index contributed by atoms with van der Waals surface area (Å²) in [5, 5.41) is 5.68. The zero-order valence-electron chi connectivity index (χ0n) is 4.59. The van der Waals surface area contributed by atoms with E-state index in [1.165, 1.54) is 0 Å². The molecule has 0 radical (unpaired) electrons. The van der Waals surface area contributed by atoms with E-state index in [0.717, 1.165) is 12.9 Å². The minimum atomic E-state index is 0.746. The molecule has 5 nitrogen and oxygen atoms in total. The van der Waals surface area contributed by atoms with Crippen molar-refractivity contribution in [3.8, 4) is 0 Å². The van der Waals surface area contributed by atoms with Gasteiger partial charge >= 0.3 is 0 Å². The molecule has 0 heterocycles. The van der Waals surface area contributed by atoms with Gasteiger partial charge in [-0.25, -0.2) is 11.0 Å². The maximum atomic E-state index is 9.30. The average Bonchev–Trinajstić information content (AvgIpc) is 1.81. The van der Waals surface area contributed by atoms with E-state index < -0.39 is 0 Å². The molecule has 46 valence electrons. The van der Waals surface area contributed by atoms with Crippen LogP contribution in [-0.2, 0) is 0 Å². The largest absolute Gasteiger partial charge is 0.241 e. The quantitative estimate of drug-likeness (QED) is 0.176. The molecule has 0 aliphatic rings. The van der Waals surface area contributed by atoms with E-state index in [9.17, 15) is 4.91 Å². The number of nitrogens with one attached hydrogen (secondary N) is 2. The molecular formula is C3H8N4O. The van der Waals surface area contributed by atoms with Crippen molar-refractivity contribution in [2.24, 2.45) is 10.3 Å². The monoisotopic (exact) mass is 116 g/mol. The highest BCUT2D eigenvalue weighted by Gasteiger charge is 1.67. The van der Waals surface area contributed by atoms with Crippen molar-refractivity contribution >= 4 is 6.34 Å². The molecule has 0 rings (SSSR count). The number of nitrogens with zero attached hydrogens (tertiary/aromatic N) is 2. The van der Waals surface area contributed by atoms with Crippen LogP contribution in [0.15, 0.2) is 10.3 Å². The summed E-state index contributed by atoms with van der Waals surface area (Å²) in [6.07, 6.45) is 0.878. The third-order valence-corrected chi connectivity index (χ3v) is 0.425. The van der Waals surface area contributed by atoms with Crippen LogP contribution in [0.25, 0.3) is 0 Å². The Bertz CT molecular complexity index is 81.4. The number of hydrogen-bond acceptors (Lipinski definition) is 4. The molecule has 0 saturated heterocycles. The average molecular weight is 116 g/mol. The lowest BCUT2D eigenvalue weighted by molar-refractivity contribution is 0.580. The third kappa shape index (κ3) is 5.03. The summed E-state index contributed by atoms with van der Waals surface area (Å²) in [5.74, 6) is 0. The van der Waals surface area contributed by atoms with Gasteiger partial charge in [-0.05, 0) is 5.18 Å². The van der Waals surface area contributed by atoms with Crippen molar-refractivity contribution in [1.82, 2.24) is 11.0 Å². The summed E-state index contributed by atoms with van der Waals surface area (Å²) in [5.41, 5.74) is 5.00. The Hall–Kier alpha value is -0.970. The summed E-state index contributed by atoms with van der Waals surface area (Å²) in [6, 6.07) is 0. The minimum absolute atomic E-state index is 0.746. The maximum absolute atomic E-state index is 9.30. The fraction of sp³-hybridized carbons (Fsp3) is 0.667. The highest BCUT2D eigenvalue weighted by Crippen LogP contribution is 1.52. The lowest BCUT2D eigenvalue weighted by atomic mass is 10.8. The number of hydrazine groups is 1. The van der Waals surface area contributed by atoms with Gasteiger partial charge in [-0.15, -0.1) is 10.0 Å². The Morgan fingerprint density at radius 1 is 1.75 bits per heavy atom. The Labute approximate surface area is 47.1 Å². The zero-order chi connectivity index (χ0) is 6.24. The van der Waals surface area contributed by atoms with E-state index in [1.54, 1.807) is 0 Å². The molecule has 8 heavy (non-hydrogen) atoms. The SMILES string of the molecule is CCNNN=CN=O. The molecule has 0 bridgehead atoms. The van der Waals surface area contributed by atoms with Crippen LogP contribution in [0.1, 0.15) is 6.92 Å². The number of hydrazone groups is 1. The first-order chi connectivity index (χ1) is 3.91. The lowest BCUT2D eigenvalue weighted by Gasteiger charge is -1.93. The molecule has 0 aliphatic heterocycles. The highest BCUT2D eigenvalue weighted by molar-refractivity contribution is 5.54. The van der Waals surface area contributed by atoms with Gasteiger partial charge in [0.1, 0.15) is 0 Å². The van der Waals surface area contributed by atoms with Gasteiger partial charge < -0.3 is 0 Å². The molecule has 0 amide bonds. The zero-order valence-corrected chi connectivity index (χ0v) is 4.59. The van der Waals surface area contributed by atoms with Crippen LogP contribution in [0, 0.1) is 4.91 Å². The second kappa shape index (κ2) is 6.03. The molecule has 0 aromatic heterocycles. The summed E-state index contributed by atoms with van der Waals surface area (Å²) in [6.45, 7) is 2.65. The van der Waals surface area contributed by atoms with Crippen LogP contribution in [0.3, 0.4) is 0 Å². The molecule has 0 fully saturated rings. The fourth-order valence-corrected chi connectivity index (χ4v) is 0.177. The fourth-order valence-electron chi connectivity index (χ4n) is 0.177. The predicted molar refractivity (Wildman–Crippen MR) is 31.1 cm³/mol. The molecule has 0 unspecified atom stereocenters. The Kier molecular flexibility index (Phi) is 5.30. The van der Waals surface area contributed by atoms with Gasteiger partial charge in [-0.3, -0.25) is 0 Å². The maximum Gasteiger partial charge on any atom is 0.181 e. The Morgan fingerprint density at radius 3 is 3.00 bits per heavy atom. The summed E-state index contributed by atoms with van der Waals surface area (Å²) in [7, 11) is 0. The molecule has 0 spiro atoms. The van der Waals surface area contributed by atoms with Crippen LogP contribution in [0.2, 0.25) is 0 Å². The first-order valence-corrected chi connectivity index (χ1v) is 2.23. The smallest absolute Gasteiger partial charge is 0.181 e. The van der Waals surface area contributed by atoms with E-state index in [-0.39, 0.29) is 0 Å². The van der Waals surface area contributed by atoms with Crippen LogP contribution in [-0.4, -0.2) is 12.9 Å². The van der Waals surface area contributed by atoms with Crippen molar-refractivity contribution in [3.05, 3.63) is 4.91 Å². The van der Waals surface area contributed by atoms with Gasteiger partial charge in [0.25, 0.3) is 0 Å². The summed E-state index contributed by atoms with van der Waals surface area (Å²) >= 11 is 0. The first kappa shape index (κ1) is 7.03. The number of nitroso groups, excluding NO2 is 1. The third-order valence-electron chi connectivity index (χ3n) is 0.425. The minimum Gasteiger partial charge on any atom is -0.241 e. The van der Waals surface area contributed by atoms with Crippen molar-refractivity contribution in [2.45, 2.75) is 6.92 Å². The van der Waals surface area contributed by atoms with E-state index in [4.69, 9.17) is 0 Å². The molecule has 0 aromatic rings. The van der Waals surface area contributed by atoms with Crippen LogP contribution in [0.4, 0.5) is 0 Å². The molecular weight excluding hydrogens is 108 g/mol. The normalized spacial score (nSPS) is 9.62. The predicted octanol–water partition coefficient (Wildman–Crippen LogP) is -0.190. The van der Waals surface area contributed by atoms with Gasteiger partial charge in [0.05, 0.1) is 0 Å². The molecule has 0 aliphatic carbocycles. The first-order valence-electron chi connectivity index (χ1n) is 2.23. The van der Waals surface area contributed by atoms with Crippen molar-refractivity contribution in [2.75, 3.05) is 6.54 Å². The number of rotatable bonds is 4. The molecule has 0 atom stereocenters. The van der Waals surface area contributed by atoms with Gasteiger partial charge in [-0.2, -0.15) is 0 Å². The second-order valence-electron chi connectivity index (χ2n) is 0.992. The second-order valence-corrected chi connectivity index (χ2v) is 0.992. The van der Waals surface area contributed by atoms with E-state index >= 15 is 0 Å². The topological polar surface area (TPSA) is 65.8 Å². The van der Waals surface area contributed by atoms with Gasteiger partial charge in [0.2, 0.25) is 0 Å². The molecule has 0 aromatic carbocycles. The summed E-state index contributed by atoms with van der Waals surface area (Å²) in [4.78, 5) is 9.30. The molecule has 0 saturated carbocycles. The van der Waals surface area contributed by atoms with E-state index in [1.807, 2.05) is 6.92 Å². The highest BCUT2D eigenvalue weighted by atomic mass is 16.3. The molecule has 5 heteroatoms. The van der Waals surface area contributed by atoms with Crippen molar-refractivity contribution in [3.63, 3.8) is 0 Å². The summed E-state index contributed by atoms with van der Waals surface area (Å²) < 4.78 is 0. The Morgan fingerprint density at radius 2 is 2.50 bits per heavy atom. The van der Waals surface area contributed by atoms with Crippen molar-refractivity contribution < 1.29 is 0 Å². The lowest BCUT2D eigenvalue weighted by Crippen LogP contribution is -2.25. The van der Waals surface area contributed by atoms with Crippen molar-refractivity contribution in [1.29, 1.82) is 0 Å². The van der Waals surface area contributed by atoms with Gasteiger partial charge in [0.15, 0.2) is 6.34 Å². The standard InChI is InChI=1S/C3H8N4O/c1-2-4-7-5-3-6-8/h3-4,7H,2H2,1H3. The van der Waals surface area contributed by atoms with Gasteiger partial charge in [0, 0.05) is 6.54 Å². The van der Waals surface area contributed by atoms with Crippen LogP contribution in [0.5, 0.6) is 0 Å².